The van der Waals surface area contributed by atoms with Gasteiger partial charge in [0.2, 0.25) is 0 Å². The first-order chi connectivity index (χ1) is 11.7. The molecule has 5 nitrogen and oxygen atoms in total. The predicted octanol–water partition coefficient (Wildman–Crippen LogP) is 3.24. The molecule has 0 saturated heterocycles. The minimum absolute atomic E-state index is 0.0866. The fraction of sp³-hybridized carbons (Fsp3) is 0.158. The molecule has 120 valence electrons. The van der Waals surface area contributed by atoms with Gasteiger partial charge in [0, 0.05) is 5.92 Å². The van der Waals surface area contributed by atoms with Crippen molar-refractivity contribution < 1.29 is 18.7 Å². The number of hydrogen-bond acceptors (Lipinski definition) is 5. The number of para-hydroxylation sites is 1. The van der Waals surface area contributed by atoms with E-state index < -0.39 is 11.5 Å². The summed E-state index contributed by atoms with van der Waals surface area (Å²) >= 11 is 0. The number of carbonyl (C=O) groups excluding carboxylic acids is 1. The van der Waals surface area contributed by atoms with Gasteiger partial charge >= 0.3 is 11.6 Å². The zero-order chi connectivity index (χ0) is 16.7. The zero-order valence-corrected chi connectivity index (χ0v) is 12.9. The normalized spacial score (nSPS) is 16.5. The summed E-state index contributed by atoms with van der Waals surface area (Å²) in [6, 6.07) is 14.4. The molecule has 0 fully saturated rings. The third-order valence-electron chi connectivity index (χ3n) is 4.23. The number of rotatable bonds is 2. The van der Waals surface area contributed by atoms with E-state index in [0.717, 1.165) is 5.56 Å². The Labute approximate surface area is 137 Å². The third-order valence-corrected chi connectivity index (χ3v) is 4.23. The molecule has 0 unspecified atom stereocenters. The van der Waals surface area contributed by atoms with Gasteiger partial charge in [-0.2, -0.15) is 0 Å². The largest absolute Gasteiger partial charge is 0.497 e. The maximum absolute atomic E-state index is 12.5. The third kappa shape index (κ3) is 2.25. The standard InChI is InChI=1S/C19H14O5/c1-22-12-6-4-5-11(9-12)14-10-16(20)24-18-13-7-2-3-8-15(13)23-19(21)17(14)18/h2-9,14H,10H2,1H3/t14-/m1/s1. The van der Waals surface area contributed by atoms with Crippen molar-refractivity contribution in [3.8, 4) is 11.5 Å². The molecule has 0 bridgehead atoms. The van der Waals surface area contributed by atoms with Gasteiger partial charge in [0.1, 0.15) is 11.3 Å². The van der Waals surface area contributed by atoms with Crippen molar-refractivity contribution in [1.29, 1.82) is 0 Å². The summed E-state index contributed by atoms with van der Waals surface area (Å²) in [5.41, 5.74) is 1.11. The Morgan fingerprint density at radius 3 is 2.75 bits per heavy atom. The molecule has 0 amide bonds. The van der Waals surface area contributed by atoms with Gasteiger partial charge in [-0.25, -0.2) is 4.79 Å². The quantitative estimate of drug-likeness (QED) is 0.535. The topological polar surface area (TPSA) is 65.7 Å². The molecule has 0 saturated carbocycles. The predicted molar refractivity (Wildman–Crippen MR) is 87.6 cm³/mol. The average Bonchev–Trinajstić information content (AvgIpc) is 2.61. The molecule has 1 atom stereocenters. The van der Waals surface area contributed by atoms with Crippen LogP contribution in [0.15, 0.2) is 57.7 Å². The van der Waals surface area contributed by atoms with Crippen molar-refractivity contribution in [2.45, 2.75) is 12.3 Å². The van der Waals surface area contributed by atoms with E-state index in [1.54, 1.807) is 25.3 Å². The summed E-state index contributed by atoms with van der Waals surface area (Å²) in [4.78, 5) is 24.7. The first kappa shape index (κ1) is 14.5. The van der Waals surface area contributed by atoms with Crippen LogP contribution in [-0.2, 0) is 4.79 Å². The van der Waals surface area contributed by atoms with E-state index in [2.05, 4.69) is 0 Å². The molecule has 0 radical (unpaired) electrons. The molecular formula is C19H14O5. The number of benzene rings is 2. The van der Waals surface area contributed by atoms with Crippen LogP contribution in [0.4, 0.5) is 0 Å². The maximum atomic E-state index is 12.5. The first-order valence-corrected chi connectivity index (χ1v) is 7.57. The Balaban J connectivity index is 1.98. The number of hydrogen-bond donors (Lipinski definition) is 0. The molecule has 0 N–H and O–H groups in total. The number of carbonyl (C=O) groups is 1. The molecule has 1 aromatic heterocycles. The lowest BCUT2D eigenvalue weighted by Crippen LogP contribution is -2.26. The van der Waals surface area contributed by atoms with Gasteiger partial charge in [-0.1, -0.05) is 24.3 Å². The second kappa shape index (κ2) is 5.53. The lowest BCUT2D eigenvalue weighted by molar-refractivity contribution is -0.135. The fourth-order valence-corrected chi connectivity index (χ4v) is 3.11. The second-order valence-electron chi connectivity index (χ2n) is 5.64. The number of fused-ring (bicyclic) bond motifs is 3. The van der Waals surface area contributed by atoms with E-state index in [1.807, 2.05) is 30.3 Å². The van der Waals surface area contributed by atoms with Crippen LogP contribution in [0.25, 0.3) is 11.0 Å². The Kier molecular flexibility index (Phi) is 3.34. The van der Waals surface area contributed by atoms with E-state index in [1.165, 1.54) is 0 Å². The molecule has 1 aliphatic rings. The molecule has 0 spiro atoms. The number of esters is 1. The smallest absolute Gasteiger partial charge is 0.343 e. The van der Waals surface area contributed by atoms with E-state index in [-0.39, 0.29) is 12.4 Å². The van der Waals surface area contributed by atoms with Crippen molar-refractivity contribution in [3.63, 3.8) is 0 Å². The van der Waals surface area contributed by atoms with Crippen LogP contribution in [0, 0.1) is 0 Å². The van der Waals surface area contributed by atoms with Crippen molar-refractivity contribution in [1.82, 2.24) is 0 Å². The molecule has 1 aliphatic heterocycles. The summed E-state index contributed by atoms with van der Waals surface area (Å²) in [5, 5.41) is 0.619. The van der Waals surface area contributed by atoms with Crippen LogP contribution in [-0.4, -0.2) is 13.1 Å². The molecule has 0 aliphatic carbocycles. The van der Waals surface area contributed by atoms with Crippen LogP contribution in [0.1, 0.15) is 23.5 Å². The summed E-state index contributed by atoms with van der Waals surface area (Å²) in [6.07, 6.45) is 0.0866. The van der Waals surface area contributed by atoms with Crippen LogP contribution in [0.5, 0.6) is 11.5 Å². The lowest BCUT2D eigenvalue weighted by atomic mass is 9.86. The Hall–Kier alpha value is -3.08. The minimum atomic E-state index is -0.482. The van der Waals surface area contributed by atoms with Gasteiger partial charge in [-0.15, -0.1) is 0 Å². The summed E-state index contributed by atoms with van der Waals surface area (Å²) < 4.78 is 16.1. The fourth-order valence-electron chi connectivity index (χ4n) is 3.11. The maximum Gasteiger partial charge on any atom is 0.343 e. The van der Waals surface area contributed by atoms with Crippen molar-refractivity contribution in [3.05, 3.63) is 70.1 Å². The van der Waals surface area contributed by atoms with Gasteiger partial charge in [0.15, 0.2) is 5.75 Å². The molecule has 5 heteroatoms. The molecular weight excluding hydrogens is 308 g/mol. The van der Waals surface area contributed by atoms with Crippen molar-refractivity contribution >= 4 is 16.9 Å². The Bertz CT molecular complexity index is 1000. The molecule has 2 aromatic carbocycles. The number of methoxy groups -OCH3 is 1. The van der Waals surface area contributed by atoms with E-state index in [4.69, 9.17) is 13.9 Å². The van der Waals surface area contributed by atoms with E-state index in [0.29, 0.717) is 28.0 Å². The lowest BCUT2D eigenvalue weighted by Gasteiger charge is -2.24. The van der Waals surface area contributed by atoms with Crippen LogP contribution in [0.2, 0.25) is 0 Å². The minimum Gasteiger partial charge on any atom is -0.497 e. The molecule has 4 rings (SSSR count). The van der Waals surface area contributed by atoms with Gasteiger partial charge in [0.05, 0.1) is 24.5 Å². The average molecular weight is 322 g/mol. The molecule has 24 heavy (non-hydrogen) atoms. The highest BCUT2D eigenvalue weighted by Crippen LogP contribution is 2.41. The van der Waals surface area contributed by atoms with Crippen LogP contribution < -0.4 is 15.1 Å². The summed E-state index contributed by atoms with van der Waals surface area (Å²) in [6.45, 7) is 0. The highest BCUT2D eigenvalue weighted by molar-refractivity contribution is 5.90. The Morgan fingerprint density at radius 1 is 1.08 bits per heavy atom. The van der Waals surface area contributed by atoms with Crippen molar-refractivity contribution in [2.24, 2.45) is 0 Å². The van der Waals surface area contributed by atoms with Gasteiger partial charge in [0.25, 0.3) is 0 Å². The first-order valence-electron chi connectivity index (χ1n) is 7.57. The van der Waals surface area contributed by atoms with Gasteiger partial charge in [-0.05, 0) is 29.8 Å². The zero-order valence-electron chi connectivity index (χ0n) is 12.9. The SMILES string of the molecule is COc1cccc([C@H]2CC(=O)Oc3c2c(=O)oc2ccccc32)c1. The van der Waals surface area contributed by atoms with Gasteiger partial charge < -0.3 is 13.9 Å². The van der Waals surface area contributed by atoms with Crippen LogP contribution in [0.3, 0.4) is 0 Å². The highest BCUT2D eigenvalue weighted by Gasteiger charge is 2.33. The second-order valence-corrected chi connectivity index (χ2v) is 5.64. The van der Waals surface area contributed by atoms with E-state index in [9.17, 15) is 9.59 Å². The number of ether oxygens (including phenoxy) is 2. The monoisotopic (exact) mass is 322 g/mol. The molecule has 2 heterocycles. The highest BCUT2D eigenvalue weighted by atomic mass is 16.5. The summed E-state index contributed by atoms with van der Waals surface area (Å²) in [7, 11) is 1.57. The van der Waals surface area contributed by atoms with E-state index >= 15 is 0 Å². The van der Waals surface area contributed by atoms with Gasteiger partial charge in [-0.3, -0.25) is 4.79 Å². The van der Waals surface area contributed by atoms with Crippen LogP contribution >= 0.6 is 0 Å². The van der Waals surface area contributed by atoms with Crippen molar-refractivity contribution in [2.75, 3.05) is 7.11 Å². The molecule has 3 aromatic rings. The summed E-state index contributed by atoms with van der Waals surface area (Å²) in [5.74, 6) is 0.173. The Morgan fingerprint density at radius 2 is 1.92 bits per heavy atom.